The molecular formula is C17H15F3O4. The first-order chi connectivity index (χ1) is 11.3. The Morgan fingerprint density at radius 3 is 1.83 bits per heavy atom. The Bertz CT molecular complexity index is 678. The topological polar surface area (TPSA) is 44.8 Å². The minimum absolute atomic E-state index is 0.388. The van der Waals surface area contributed by atoms with Gasteiger partial charge in [-0.05, 0) is 35.4 Å². The summed E-state index contributed by atoms with van der Waals surface area (Å²) in [5.74, 6) is 0.600. The van der Waals surface area contributed by atoms with Crippen LogP contribution in [0.5, 0.6) is 5.75 Å². The molecule has 0 saturated carbocycles. The highest BCUT2D eigenvalue weighted by Gasteiger charge is 2.30. The molecule has 4 nitrogen and oxygen atoms in total. The first kappa shape index (κ1) is 17.7. The molecule has 0 amide bonds. The monoisotopic (exact) mass is 340 g/mol. The molecule has 0 bridgehead atoms. The summed E-state index contributed by atoms with van der Waals surface area (Å²) in [5.41, 5.74) is 0.178. The summed E-state index contributed by atoms with van der Waals surface area (Å²) in [6.45, 7) is 0. The minimum atomic E-state index is -4.43. The van der Waals surface area contributed by atoms with Gasteiger partial charge >= 0.3 is 12.3 Å². The van der Waals surface area contributed by atoms with Crippen LogP contribution < -0.4 is 4.74 Å². The number of ether oxygens (including phenoxy) is 3. The zero-order chi connectivity index (χ0) is 17.7. The van der Waals surface area contributed by atoms with Crippen molar-refractivity contribution in [2.45, 2.75) is 12.3 Å². The zero-order valence-electron chi connectivity index (χ0n) is 13.0. The highest BCUT2D eigenvalue weighted by atomic mass is 19.4. The number of rotatable bonds is 4. The van der Waals surface area contributed by atoms with E-state index in [1.165, 1.54) is 19.2 Å². The maximum Gasteiger partial charge on any atom is 0.508 e. The van der Waals surface area contributed by atoms with Gasteiger partial charge in [0.1, 0.15) is 5.75 Å². The van der Waals surface area contributed by atoms with Crippen LogP contribution in [0.3, 0.4) is 0 Å². The molecule has 0 heterocycles. The average molecular weight is 340 g/mol. The van der Waals surface area contributed by atoms with Gasteiger partial charge in [-0.15, -0.1) is 0 Å². The van der Waals surface area contributed by atoms with Crippen LogP contribution in [-0.2, 0) is 15.7 Å². The van der Waals surface area contributed by atoms with Crippen molar-refractivity contribution in [3.05, 3.63) is 65.2 Å². The maximum atomic E-state index is 12.7. The van der Waals surface area contributed by atoms with Crippen LogP contribution >= 0.6 is 0 Å². The lowest BCUT2D eigenvalue weighted by molar-refractivity contribution is -0.137. The minimum Gasteiger partial charge on any atom is -0.497 e. The normalized spacial score (nSPS) is 12.4. The number of methoxy groups -OCH3 is 2. The summed E-state index contributed by atoms with van der Waals surface area (Å²) >= 11 is 0. The third-order valence-corrected chi connectivity index (χ3v) is 3.34. The summed E-state index contributed by atoms with van der Waals surface area (Å²) in [7, 11) is 2.66. The number of benzene rings is 2. The van der Waals surface area contributed by atoms with E-state index in [4.69, 9.17) is 9.47 Å². The van der Waals surface area contributed by atoms with E-state index in [-0.39, 0.29) is 0 Å². The molecule has 0 aliphatic heterocycles. The molecule has 0 spiro atoms. The van der Waals surface area contributed by atoms with Gasteiger partial charge in [0.25, 0.3) is 0 Å². The van der Waals surface area contributed by atoms with Gasteiger partial charge in [0, 0.05) is 0 Å². The molecule has 0 aliphatic rings. The lowest BCUT2D eigenvalue weighted by Gasteiger charge is -2.19. The molecule has 0 fully saturated rings. The summed E-state index contributed by atoms with van der Waals surface area (Å²) in [4.78, 5) is 11.5. The molecule has 7 heteroatoms. The van der Waals surface area contributed by atoms with E-state index >= 15 is 0 Å². The average Bonchev–Trinajstić information content (AvgIpc) is 2.59. The fourth-order valence-electron chi connectivity index (χ4n) is 2.10. The summed E-state index contributed by atoms with van der Waals surface area (Å²) in [6, 6.07) is 11.0. The molecule has 0 radical (unpaired) electrons. The first-order valence-corrected chi connectivity index (χ1v) is 6.91. The van der Waals surface area contributed by atoms with Crippen molar-refractivity contribution in [3.63, 3.8) is 0 Å². The quantitative estimate of drug-likeness (QED) is 0.764. The molecule has 128 valence electrons. The van der Waals surface area contributed by atoms with Crippen molar-refractivity contribution >= 4 is 6.16 Å². The number of hydrogen-bond donors (Lipinski definition) is 0. The first-order valence-electron chi connectivity index (χ1n) is 6.91. The van der Waals surface area contributed by atoms with E-state index in [9.17, 15) is 18.0 Å². The zero-order valence-corrected chi connectivity index (χ0v) is 13.0. The van der Waals surface area contributed by atoms with E-state index in [0.717, 1.165) is 19.2 Å². The van der Waals surface area contributed by atoms with E-state index in [1.807, 2.05) is 0 Å². The standard InChI is InChI=1S/C17H15F3O4/c1-22-14-9-5-12(6-10-14)15(24-16(21)23-2)11-3-7-13(8-4-11)17(18,19)20/h3-10,15H,1-2H3. The van der Waals surface area contributed by atoms with Crippen molar-refractivity contribution in [1.82, 2.24) is 0 Å². The highest BCUT2D eigenvalue weighted by Crippen LogP contribution is 2.32. The van der Waals surface area contributed by atoms with Crippen LogP contribution in [0.2, 0.25) is 0 Å². The fraction of sp³-hybridized carbons (Fsp3) is 0.235. The number of halogens is 3. The fourth-order valence-corrected chi connectivity index (χ4v) is 2.10. The number of carbonyl (C=O) groups is 1. The van der Waals surface area contributed by atoms with Gasteiger partial charge in [-0.3, -0.25) is 0 Å². The van der Waals surface area contributed by atoms with Crippen molar-refractivity contribution in [2.24, 2.45) is 0 Å². The number of alkyl halides is 3. The molecule has 1 unspecified atom stereocenters. The van der Waals surface area contributed by atoms with Gasteiger partial charge < -0.3 is 14.2 Å². The molecule has 0 saturated heterocycles. The maximum absolute atomic E-state index is 12.7. The van der Waals surface area contributed by atoms with Gasteiger partial charge in [-0.25, -0.2) is 4.79 Å². The second kappa shape index (κ2) is 7.25. The SMILES string of the molecule is COC(=O)OC(c1ccc(OC)cc1)c1ccc(C(F)(F)F)cc1. The van der Waals surface area contributed by atoms with E-state index in [1.54, 1.807) is 24.3 Å². The summed E-state index contributed by atoms with van der Waals surface area (Å²) in [6.07, 6.45) is -6.27. The summed E-state index contributed by atoms with van der Waals surface area (Å²) < 4.78 is 52.7. The molecule has 0 aromatic heterocycles. The second-order valence-corrected chi connectivity index (χ2v) is 4.84. The third-order valence-electron chi connectivity index (χ3n) is 3.34. The molecule has 2 aromatic rings. The van der Waals surface area contributed by atoms with E-state index in [2.05, 4.69) is 4.74 Å². The Morgan fingerprint density at radius 1 is 0.917 bits per heavy atom. The van der Waals surface area contributed by atoms with Crippen LogP contribution in [0.1, 0.15) is 22.8 Å². The van der Waals surface area contributed by atoms with Crippen molar-refractivity contribution in [1.29, 1.82) is 0 Å². The van der Waals surface area contributed by atoms with Crippen LogP contribution in [0.15, 0.2) is 48.5 Å². The largest absolute Gasteiger partial charge is 0.508 e. The smallest absolute Gasteiger partial charge is 0.497 e. The van der Waals surface area contributed by atoms with E-state index in [0.29, 0.717) is 16.9 Å². The van der Waals surface area contributed by atoms with Crippen LogP contribution in [-0.4, -0.2) is 20.4 Å². The molecule has 1 atom stereocenters. The van der Waals surface area contributed by atoms with Crippen molar-refractivity contribution in [3.8, 4) is 5.75 Å². The molecule has 2 aromatic carbocycles. The van der Waals surface area contributed by atoms with Gasteiger partial charge in [-0.1, -0.05) is 24.3 Å². The Labute approximate surface area is 136 Å². The van der Waals surface area contributed by atoms with Crippen molar-refractivity contribution in [2.75, 3.05) is 14.2 Å². The highest BCUT2D eigenvalue weighted by molar-refractivity contribution is 5.61. The third kappa shape index (κ3) is 4.18. The van der Waals surface area contributed by atoms with Gasteiger partial charge in [0.15, 0.2) is 6.10 Å². The molecule has 24 heavy (non-hydrogen) atoms. The Kier molecular flexibility index (Phi) is 5.33. The van der Waals surface area contributed by atoms with Gasteiger partial charge in [0.2, 0.25) is 0 Å². The number of carbonyl (C=O) groups excluding carboxylic acids is 1. The van der Waals surface area contributed by atoms with Crippen LogP contribution in [0.4, 0.5) is 18.0 Å². The van der Waals surface area contributed by atoms with Crippen LogP contribution in [0, 0.1) is 0 Å². The van der Waals surface area contributed by atoms with E-state index < -0.39 is 24.0 Å². The lowest BCUT2D eigenvalue weighted by Crippen LogP contribution is -2.13. The molecule has 0 N–H and O–H groups in total. The summed E-state index contributed by atoms with van der Waals surface area (Å²) in [5, 5.41) is 0. The lowest BCUT2D eigenvalue weighted by atomic mass is 10.00. The molecule has 0 aliphatic carbocycles. The second-order valence-electron chi connectivity index (χ2n) is 4.84. The van der Waals surface area contributed by atoms with Crippen LogP contribution in [0.25, 0.3) is 0 Å². The Morgan fingerprint density at radius 2 is 1.42 bits per heavy atom. The van der Waals surface area contributed by atoms with Gasteiger partial charge in [0.05, 0.1) is 19.8 Å². The molecular weight excluding hydrogens is 325 g/mol. The Balaban J connectivity index is 2.36. The number of hydrogen-bond acceptors (Lipinski definition) is 4. The predicted molar refractivity (Wildman–Crippen MR) is 79.8 cm³/mol. The van der Waals surface area contributed by atoms with Crippen molar-refractivity contribution < 1.29 is 32.2 Å². The Hall–Kier alpha value is -2.70. The predicted octanol–water partition coefficient (Wildman–Crippen LogP) is 4.59. The molecule has 2 rings (SSSR count). The van der Waals surface area contributed by atoms with Gasteiger partial charge in [-0.2, -0.15) is 13.2 Å².